The van der Waals surface area contributed by atoms with Gasteiger partial charge in [-0.2, -0.15) is 0 Å². The first-order valence-corrected chi connectivity index (χ1v) is 6.37. The fourth-order valence-corrected chi connectivity index (χ4v) is 2.70. The Bertz CT molecular complexity index is 733. The summed E-state index contributed by atoms with van der Waals surface area (Å²) in [4.78, 5) is 21.7. The van der Waals surface area contributed by atoms with Crippen LogP contribution in [0.15, 0.2) is 42.7 Å². The lowest BCUT2D eigenvalue weighted by molar-refractivity contribution is 0.102. The van der Waals surface area contributed by atoms with E-state index in [1.807, 2.05) is 30.3 Å². The smallest absolute Gasteiger partial charge is 0.169 e. The van der Waals surface area contributed by atoms with Gasteiger partial charge in [-0.25, -0.2) is 0 Å². The fourth-order valence-electron chi connectivity index (χ4n) is 1.80. The predicted octanol–water partition coefficient (Wildman–Crippen LogP) is 3.56. The lowest BCUT2D eigenvalue weighted by Gasteiger charge is -1.99. The number of ketones is 1. The molecule has 0 aliphatic heterocycles. The second-order valence-corrected chi connectivity index (χ2v) is 5.06. The summed E-state index contributed by atoms with van der Waals surface area (Å²) in [7, 11) is 0. The van der Waals surface area contributed by atoms with Crippen molar-refractivity contribution in [3.63, 3.8) is 0 Å². The highest BCUT2D eigenvalue weighted by molar-refractivity contribution is 7.17. The van der Waals surface area contributed by atoms with E-state index in [1.165, 1.54) is 11.3 Å². The first-order valence-electron chi connectivity index (χ1n) is 5.56. The minimum Gasteiger partial charge on any atom is -0.294 e. The minimum atomic E-state index is 0.104. The second kappa shape index (κ2) is 4.31. The molecule has 0 amide bonds. The first kappa shape index (κ1) is 11.0. The third-order valence-corrected chi connectivity index (χ3v) is 3.94. The summed E-state index contributed by atoms with van der Waals surface area (Å²) in [6, 6.07) is 9.79. The SMILES string of the molecule is CC(=O)c1ccc(-c2ccc3nccnc3c2)s1. The van der Waals surface area contributed by atoms with Crippen LogP contribution in [-0.4, -0.2) is 15.8 Å². The highest BCUT2D eigenvalue weighted by atomic mass is 32.1. The predicted molar refractivity (Wildman–Crippen MR) is 72.9 cm³/mol. The van der Waals surface area contributed by atoms with Gasteiger partial charge in [0.2, 0.25) is 0 Å². The normalized spacial score (nSPS) is 10.7. The molecule has 0 radical (unpaired) electrons. The van der Waals surface area contributed by atoms with Crippen LogP contribution >= 0.6 is 11.3 Å². The Labute approximate surface area is 108 Å². The number of nitrogens with zero attached hydrogens (tertiary/aromatic N) is 2. The van der Waals surface area contributed by atoms with E-state index in [2.05, 4.69) is 9.97 Å². The standard InChI is InChI=1S/C14H10N2OS/c1-9(17)13-4-5-14(18-13)10-2-3-11-12(8-10)16-7-6-15-11/h2-8H,1H3. The molecule has 18 heavy (non-hydrogen) atoms. The molecule has 3 aromatic rings. The van der Waals surface area contributed by atoms with E-state index >= 15 is 0 Å². The van der Waals surface area contributed by atoms with Crippen LogP contribution in [0.2, 0.25) is 0 Å². The largest absolute Gasteiger partial charge is 0.294 e. The van der Waals surface area contributed by atoms with Crippen molar-refractivity contribution < 1.29 is 4.79 Å². The van der Waals surface area contributed by atoms with Gasteiger partial charge in [-0.15, -0.1) is 11.3 Å². The molecule has 3 rings (SSSR count). The Kier molecular flexibility index (Phi) is 2.64. The molecule has 0 aliphatic carbocycles. The highest BCUT2D eigenvalue weighted by Gasteiger charge is 2.07. The number of aromatic nitrogens is 2. The van der Waals surface area contributed by atoms with Crippen LogP contribution in [0, 0.1) is 0 Å². The van der Waals surface area contributed by atoms with Gasteiger partial charge in [0, 0.05) is 17.3 Å². The summed E-state index contributed by atoms with van der Waals surface area (Å²) in [6.45, 7) is 1.58. The van der Waals surface area contributed by atoms with E-state index in [1.54, 1.807) is 19.3 Å². The number of Topliss-reactive ketones (excluding diaryl/α,β-unsaturated/α-hetero) is 1. The molecule has 0 unspecified atom stereocenters. The maximum atomic E-state index is 11.3. The maximum Gasteiger partial charge on any atom is 0.169 e. The quantitative estimate of drug-likeness (QED) is 0.657. The van der Waals surface area contributed by atoms with Gasteiger partial charge < -0.3 is 0 Å². The summed E-state index contributed by atoms with van der Waals surface area (Å²) in [5.41, 5.74) is 2.82. The van der Waals surface area contributed by atoms with E-state index < -0.39 is 0 Å². The number of carbonyl (C=O) groups is 1. The molecule has 3 nitrogen and oxygen atoms in total. The summed E-state index contributed by atoms with van der Waals surface area (Å²) < 4.78 is 0. The summed E-state index contributed by atoms with van der Waals surface area (Å²) in [6.07, 6.45) is 3.36. The molecular formula is C14H10N2OS. The zero-order valence-electron chi connectivity index (χ0n) is 9.75. The van der Waals surface area contributed by atoms with Crippen molar-refractivity contribution in [2.45, 2.75) is 6.92 Å². The Balaban J connectivity index is 2.10. The van der Waals surface area contributed by atoms with Gasteiger partial charge in [-0.1, -0.05) is 6.07 Å². The maximum absolute atomic E-state index is 11.3. The van der Waals surface area contributed by atoms with Crippen LogP contribution in [0.1, 0.15) is 16.6 Å². The fraction of sp³-hybridized carbons (Fsp3) is 0.0714. The molecule has 2 heterocycles. The summed E-state index contributed by atoms with van der Waals surface area (Å²) in [5, 5.41) is 0. The van der Waals surface area contributed by atoms with Crippen LogP contribution < -0.4 is 0 Å². The van der Waals surface area contributed by atoms with Crippen LogP contribution in [0.25, 0.3) is 21.5 Å². The molecule has 4 heteroatoms. The Morgan fingerprint density at radius 1 is 1.06 bits per heavy atom. The molecule has 0 fully saturated rings. The van der Waals surface area contributed by atoms with Crippen molar-refractivity contribution in [3.05, 3.63) is 47.6 Å². The molecule has 0 saturated heterocycles. The summed E-state index contributed by atoms with van der Waals surface area (Å²) in [5.74, 6) is 0.104. The van der Waals surface area contributed by atoms with E-state index in [0.29, 0.717) is 0 Å². The van der Waals surface area contributed by atoms with Gasteiger partial charge >= 0.3 is 0 Å². The van der Waals surface area contributed by atoms with E-state index in [4.69, 9.17) is 0 Å². The Hall–Kier alpha value is -2.07. The van der Waals surface area contributed by atoms with Crippen LogP contribution in [0.3, 0.4) is 0 Å². The van der Waals surface area contributed by atoms with Crippen molar-refractivity contribution in [1.82, 2.24) is 9.97 Å². The minimum absolute atomic E-state index is 0.104. The van der Waals surface area contributed by atoms with Crippen LogP contribution in [-0.2, 0) is 0 Å². The van der Waals surface area contributed by atoms with Gasteiger partial charge in [-0.05, 0) is 36.8 Å². The Morgan fingerprint density at radius 2 is 1.83 bits per heavy atom. The Morgan fingerprint density at radius 3 is 2.56 bits per heavy atom. The monoisotopic (exact) mass is 254 g/mol. The average molecular weight is 254 g/mol. The van der Waals surface area contributed by atoms with Gasteiger partial charge in [0.05, 0.1) is 15.9 Å². The zero-order chi connectivity index (χ0) is 12.5. The van der Waals surface area contributed by atoms with Crippen molar-refractivity contribution >= 4 is 28.2 Å². The number of thiophene rings is 1. The first-order chi connectivity index (χ1) is 8.74. The van der Waals surface area contributed by atoms with Gasteiger partial charge in [0.25, 0.3) is 0 Å². The second-order valence-electron chi connectivity index (χ2n) is 3.98. The molecular weight excluding hydrogens is 244 g/mol. The highest BCUT2D eigenvalue weighted by Crippen LogP contribution is 2.29. The molecule has 1 aromatic carbocycles. The molecule has 0 aliphatic rings. The topological polar surface area (TPSA) is 42.9 Å². The summed E-state index contributed by atoms with van der Waals surface area (Å²) >= 11 is 1.50. The zero-order valence-corrected chi connectivity index (χ0v) is 10.6. The number of fused-ring (bicyclic) bond motifs is 1. The van der Waals surface area contributed by atoms with E-state index in [-0.39, 0.29) is 5.78 Å². The molecule has 88 valence electrons. The molecule has 0 atom stereocenters. The van der Waals surface area contributed by atoms with Gasteiger partial charge in [-0.3, -0.25) is 14.8 Å². The van der Waals surface area contributed by atoms with Crippen molar-refractivity contribution in [3.8, 4) is 10.4 Å². The average Bonchev–Trinajstić information content (AvgIpc) is 2.88. The molecule has 0 N–H and O–H groups in total. The molecule has 0 saturated carbocycles. The lowest BCUT2D eigenvalue weighted by atomic mass is 10.1. The number of hydrogen-bond acceptors (Lipinski definition) is 4. The van der Waals surface area contributed by atoms with Gasteiger partial charge in [0.1, 0.15) is 0 Å². The third kappa shape index (κ3) is 1.91. The van der Waals surface area contributed by atoms with Gasteiger partial charge in [0.15, 0.2) is 5.78 Å². The molecule has 0 bridgehead atoms. The molecule has 2 aromatic heterocycles. The third-order valence-electron chi connectivity index (χ3n) is 2.71. The molecule has 0 spiro atoms. The van der Waals surface area contributed by atoms with E-state index in [9.17, 15) is 4.79 Å². The van der Waals surface area contributed by atoms with Crippen molar-refractivity contribution in [2.75, 3.05) is 0 Å². The number of carbonyl (C=O) groups excluding carboxylic acids is 1. The number of hydrogen-bond donors (Lipinski definition) is 0. The van der Waals surface area contributed by atoms with E-state index in [0.717, 1.165) is 26.4 Å². The number of rotatable bonds is 2. The van der Waals surface area contributed by atoms with Crippen LogP contribution in [0.4, 0.5) is 0 Å². The number of benzene rings is 1. The van der Waals surface area contributed by atoms with Crippen molar-refractivity contribution in [1.29, 1.82) is 0 Å². The van der Waals surface area contributed by atoms with Crippen LogP contribution in [0.5, 0.6) is 0 Å². The van der Waals surface area contributed by atoms with Crippen molar-refractivity contribution in [2.24, 2.45) is 0 Å². The lowest BCUT2D eigenvalue weighted by Crippen LogP contribution is -1.83.